The number of para-hydroxylation sites is 4. The van der Waals surface area contributed by atoms with Crippen LogP contribution in [-0.2, 0) is 0 Å². The zero-order valence-corrected chi connectivity index (χ0v) is 66.7. The number of rotatable bonds is 16. The summed E-state index contributed by atoms with van der Waals surface area (Å²) in [6.45, 7) is -0.103. The molecule has 0 radical (unpaired) electrons. The molecule has 2 aliphatic rings. The van der Waals surface area contributed by atoms with E-state index in [9.17, 15) is 0 Å². The standard InChI is InChI=1S/C109H69BN14/c1-10-33-70(34-11-1)90-69-91(112-100(111-90)71-35-12-2-13-36-71)78-57-61-94(124-92-62-58-80(107-115-101(72-37-14-3-15-38-72)113-102(116-107)73-39-16-4-17-40-73)67-85(92)86-68-81(59-63-93(86)124)108-117-103(74-41-18-5-19-42-74)114-104(118-108)75-43-20-6-21-44-75)87(66-78)109-120-105(76-45-22-7-23-46-76)119-106(121-109)79-48-32-47-77(65-79)84-60-64-97-98-99(84)123(83-51-26-9-27-52-83)96-56-31-29-54-89(96)110(98)88-53-28-30-55-95(88)122(97)82-49-24-8-25-50-82/h1-69H. The predicted octanol–water partition coefficient (Wildman–Crippen LogP) is 23.9. The monoisotopic (exact) mass is 1580 g/mol. The van der Waals surface area contributed by atoms with E-state index in [-0.39, 0.29) is 6.71 Å². The van der Waals surface area contributed by atoms with Gasteiger partial charge in [0.25, 0.3) is 6.71 Å². The highest BCUT2D eigenvalue weighted by Gasteiger charge is 2.44. The summed E-state index contributed by atoms with van der Waals surface area (Å²) in [5.74, 6) is 5.19. The van der Waals surface area contributed by atoms with E-state index < -0.39 is 0 Å². The third kappa shape index (κ3) is 13.1. The summed E-state index contributed by atoms with van der Waals surface area (Å²) in [5.41, 5.74) is 26.2. The summed E-state index contributed by atoms with van der Waals surface area (Å²) >= 11 is 0. The molecule has 124 heavy (non-hydrogen) atoms. The van der Waals surface area contributed by atoms with Crippen LogP contribution < -0.4 is 26.2 Å². The van der Waals surface area contributed by atoms with Crippen molar-refractivity contribution in [2.24, 2.45) is 0 Å². The molecule has 0 spiro atoms. The van der Waals surface area contributed by atoms with Gasteiger partial charge in [-0.15, -0.1) is 0 Å². The summed E-state index contributed by atoms with van der Waals surface area (Å²) in [4.78, 5) is 64.3. The Morgan fingerprint density at radius 2 is 0.508 bits per heavy atom. The van der Waals surface area contributed by atoms with Gasteiger partial charge >= 0.3 is 0 Å². The molecule has 16 aromatic carbocycles. The van der Waals surface area contributed by atoms with Gasteiger partial charge in [-0.05, 0) is 125 Å². The van der Waals surface area contributed by atoms with Gasteiger partial charge in [-0.25, -0.2) is 54.8 Å². The largest absolute Gasteiger partial charge is 0.311 e. The lowest BCUT2D eigenvalue weighted by Crippen LogP contribution is -2.61. The minimum Gasteiger partial charge on any atom is -0.311 e. The SMILES string of the molecule is c1ccc(-c2cc(-c3ccc(-n4c5ccc(-c6nc(-c7ccccc7)nc(-c7ccccc7)n6)cc5c5cc(-c6nc(-c7ccccc7)nc(-c7ccccc7)n6)ccc54)c(-c4nc(-c5ccccc5)nc(-c5cccc(-c6ccc7c8c6N(c6ccccc6)c6ccccc6B8c6ccccc6N7c6ccccc6)c5)n4)c3)nc(-c3ccccc3)n2)cc1. The van der Waals surface area contributed by atoms with Crippen molar-refractivity contribution in [1.82, 2.24) is 59.4 Å². The molecule has 0 saturated heterocycles. The molecule has 5 aromatic heterocycles. The average Bonchev–Trinajstić information content (AvgIpc) is 1.16. The van der Waals surface area contributed by atoms with Gasteiger partial charge in [0.05, 0.1) is 33.8 Å². The lowest BCUT2D eigenvalue weighted by atomic mass is 9.33. The van der Waals surface area contributed by atoms with Crippen LogP contribution in [0.3, 0.4) is 0 Å². The van der Waals surface area contributed by atoms with E-state index in [1.54, 1.807) is 0 Å². The van der Waals surface area contributed by atoms with Crippen LogP contribution in [0, 0.1) is 0 Å². The molecule has 0 bridgehead atoms. The fourth-order valence-corrected chi connectivity index (χ4v) is 17.6. The van der Waals surface area contributed by atoms with Crippen LogP contribution >= 0.6 is 0 Å². The lowest BCUT2D eigenvalue weighted by molar-refractivity contribution is 1.06. The Kier molecular flexibility index (Phi) is 18.0. The maximum Gasteiger partial charge on any atom is 0.252 e. The van der Waals surface area contributed by atoms with E-state index in [2.05, 4.69) is 257 Å². The van der Waals surface area contributed by atoms with E-state index >= 15 is 0 Å². The Morgan fingerprint density at radius 3 is 0.952 bits per heavy atom. The maximum atomic E-state index is 5.84. The van der Waals surface area contributed by atoms with Gasteiger partial charge in [0.2, 0.25) is 0 Å². The topological polar surface area (TPSA) is 153 Å². The Hall–Kier alpha value is -16.9. The second kappa shape index (κ2) is 30.8. The first kappa shape index (κ1) is 72.3. The van der Waals surface area contributed by atoms with Gasteiger partial charge in [0, 0.05) is 112 Å². The average molecular weight is 1590 g/mol. The molecule has 0 fully saturated rings. The summed E-state index contributed by atoms with van der Waals surface area (Å²) in [5, 5.41) is 1.81. The Bertz CT molecular complexity index is 7300. The molecule has 7 heterocycles. The first-order chi connectivity index (χ1) is 61.5. The van der Waals surface area contributed by atoms with Crippen LogP contribution in [0.1, 0.15) is 0 Å². The number of aromatic nitrogens is 12. The van der Waals surface area contributed by atoms with Crippen molar-refractivity contribution in [3.05, 3.63) is 419 Å². The molecule has 0 unspecified atom stereocenters. The zero-order chi connectivity index (χ0) is 82.0. The number of hydrogen-bond acceptors (Lipinski definition) is 13. The number of anilines is 6. The summed E-state index contributed by atoms with van der Waals surface area (Å²) < 4.78 is 2.33. The first-order valence-electron chi connectivity index (χ1n) is 41.4. The van der Waals surface area contributed by atoms with Crippen LogP contribution in [0.4, 0.5) is 34.1 Å². The van der Waals surface area contributed by atoms with Crippen LogP contribution in [0.2, 0.25) is 0 Å². The molecule has 0 aliphatic carbocycles. The Morgan fingerprint density at radius 1 is 0.185 bits per heavy atom. The van der Waals surface area contributed by atoms with Crippen molar-refractivity contribution in [3.63, 3.8) is 0 Å². The fourth-order valence-electron chi connectivity index (χ4n) is 17.6. The Balaban J connectivity index is 0.770. The van der Waals surface area contributed by atoms with Crippen LogP contribution in [0.15, 0.2) is 419 Å². The fraction of sp³-hybridized carbons (Fsp3) is 0. The molecule has 578 valence electrons. The normalized spacial score (nSPS) is 12.0. The van der Waals surface area contributed by atoms with Crippen LogP contribution in [-0.4, -0.2) is 66.1 Å². The van der Waals surface area contributed by atoms with Crippen molar-refractivity contribution in [3.8, 4) is 153 Å². The molecule has 23 rings (SSSR count). The van der Waals surface area contributed by atoms with E-state index in [1.165, 1.54) is 16.4 Å². The third-order valence-corrected chi connectivity index (χ3v) is 23.3. The number of hydrogen-bond donors (Lipinski definition) is 0. The van der Waals surface area contributed by atoms with E-state index in [4.69, 9.17) is 54.8 Å². The summed E-state index contributed by atoms with van der Waals surface area (Å²) in [6.07, 6.45) is 0. The number of fused-ring (bicyclic) bond motifs is 7. The van der Waals surface area contributed by atoms with Gasteiger partial charge < -0.3 is 14.4 Å². The molecular formula is C109H69BN14. The highest BCUT2D eigenvalue weighted by molar-refractivity contribution is 7.00. The van der Waals surface area contributed by atoms with Crippen molar-refractivity contribution in [1.29, 1.82) is 0 Å². The quantitative estimate of drug-likeness (QED) is 0.0844. The molecule has 0 amide bonds. The Labute approximate surface area is 715 Å². The number of benzene rings is 16. The molecule has 21 aromatic rings. The van der Waals surface area contributed by atoms with Gasteiger partial charge in [-0.1, -0.05) is 315 Å². The van der Waals surface area contributed by atoms with Crippen LogP contribution in [0.5, 0.6) is 0 Å². The van der Waals surface area contributed by atoms with Gasteiger partial charge in [0.1, 0.15) is 0 Å². The van der Waals surface area contributed by atoms with Crippen LogP contribution in [0.25, 0.3) is 175 Å². The van der Waals surface area contributed by atoms with Crippen molar-refractivity contribution < 1.29 is 0 Å². The molecule has 15 heteroatoms. The molecule has 0 atom stereocenters. The van der Waals surface area contributed by atoms with Crippen molar-refractivity contribution in [2.45, 2.75) is 0 Å². The molecule has 0 saturated carbocycles. The summed E-state index contributed by atoms with van der Waals surface area (Å²) in [6, 6.07) is 145. The highest BCUT2D eigenvalue weighted by Crippen LogP contribution is 2.49. The predicted molar refractivity (Wildman–Crippen MR) is 501 cm³/mol. The highest BCUT2D eigenvalue weighted by atomic mass is 15.2. The van der Waals surface area contributed by atoms with Crippen molar-refractivity contribution in [2.75, 3.05) is 9.80 Å². The summed E-state index contributed by atoms with van der Waals surface area (Å²) in [7, 11) is 0. The second-order valence-corrected chi connectivity index (χ2v) is 30.8. The number of nitrogens with zero attached hydrogens (tertiary/aromatic N) is 14. The minimum absolute atomic E-state index is 0.103. The minimum atomic E-state index is -0.103. The van der Waals surface area contributed by atoms with Gasteiger partial charge in [0.15, 0.2) is 58.2 Å². The van der Waals surface area contributed by atoms with E-state index in [1.807, 2.05) is 176 Å². The van der Waals surface area contributed by atoms with Gasteiger partial charge in [-0.3, -0.25) is 0 Å². The molecule has 2 aliphatic heterocycles. The molecule has 14 nitrogen and oxygen atoms in total. The van der Waals surface area contributed by atoms with E-state index in [0.717, 1.165) is 140 Å². The zero-order valence-electron chi connectivity index (χ0n) is 66.7. The smallest absolute Gasteiger partial charge is 0.252 e. The van der Waals surface area contributed by atoms with E-state index in [0.29, 0.717) is 69.5 Å². The van der Waals surface area contributed by atoms with Gasteiger partial charge in [-0.2, -0.15) is 0 Å². The first-order valence-corrected chi connectivity index (χ1v) is 41.4. The molecule has 0 N–H and O–H groups in total. The van der Waals surface area contributed by atoms with Crippen molar-refractivity contribution >= 4 is 79.0 Å². The second-order valence-electron chi connectivity index (χ2n) is 30.8. The maximum absolute atomic E-state index is 5.84. The lowest BCUT2D eigenvalue weighted by Gasteiger charge is -2.45. The third-order valence-electron chi connectivity index (χ3n) is 23.3. The molecular weight excluding hydrogens is 1520 g/mol.